The van der Waals surface area contributed by atoms with Crippen molar-refractivity contribution < 1.29 is 4.39 Å². The molecular weight excluding hydrogens is 261 g/mol. The Morgan fingerprint density at radius 1 is 1.21 bits per heavy atom. The largest absolute Gasteiger partial charge is 0.328 e. The first-order valence-corrected chi connectivity index (χ1v) is 7.64. The molecule has 1 aliphatic carbocycles. The van der Waals surface area contributed by atoms with Gasteiger partial charge in [0.1, 0.15) is 5.82 Å². The minimum Gasteiger partial charge on any atom is -0.328 e. The van der Waals surface area contributed by atoms with Crippen LogP contribution in [-0.2, 0) is 6.42 Å². The maximum absolute atomic E-state index is 13.4. The summed E-state index contributed by atoms with van der Waals surface area (Å²) in [7, 11) is 0. The summed E-state index contributed by atoms with van der Waals surface area (Å²) in [6.45, 7) is 5.77. The van der Waals surface area contributed by atoms with Gasteiger partial charge < -0.3 is 5.73 Å². The third-order valence-electron chi connectivity index (χ3n) is 3.69. The van der Waals surface area contributed by atoms with E-state index in [-0.39, 0.29) is 10.8 Å². The Morgan fingerprint density at radius 2 is 1.79 bits per heavy atom. The highest BCUT2D eigenvalue weighted by molar-refractivity contribution is 6.30. The maximum atomic E-state index is 13.4. The van der Waals surface area contributed by atoms with Crippen LogP contribution < -0.4 is 5.73 Å². The average molecular weight is 286 g/mol. The third-order valence-corrected chi connectivity index (χ3v) is 3.96. The molecule has 0 spiro atoms. The van der Waals surface area contributed by atoms with Gasteiger partial charge in [-0.2, -0.15) is 0 Å². The molecule has 0 aromatic heterocycles. The van der Waals surface area contributed by atoms with Crippen LogP contribution in [0, 0.1) is 18.7 Å². The molecule has 2 rings (SSSR count). The smallest absolute Gasteiger partial charge is 0.144 e. The van der Waals surface area contributed by atoms with E-state index in [1.807, 2.05) is 19.9 Å². The van der Waals surface area contributed by atoms with Crippen LogP contribution in [0.5, 0.6) is 0 Å². The van der Waals surface area contributed by atoms with Gasteiger partial charge in [-0.25, -0.2) is 4.39 Å². The van der Waals surface area contributed by atoms with Crippen LogP contribution in [0.25, 0.3) is 0 Å². The van der Waals surface area contributed by atoms with Gasteiger partial charge in [-0.1, -0.05) is 31.5 Å². The van der Waals surface area contributed by atoms with E-state index in [2.05, 4.69) is 0 Å². The molecule has 2 N–H and O–H groups in total. The topological polar surface area (TPSA) is 26.0 Å². The van der Waals surface area contributed by atoms with Gasteiger partial charge in [0.05, 0.1) is 5.02 Å². The molecule has 0 aliphatic heterocycles. The number of benzene rings is 1. The summed E-state index contributed by atoms with van der Waals surface area (Å²) in [4.78, 5) is 0. The summed E-state index contributed by atoms with van der Waals surface area (Å²) in [6, 6.07) is 4.05. The minimum absolute atomic E-state index is 0.243. The number of aryl methyl sites for hydroxylation is 1. The quantitative estimate of drug-likeness (QED) is 0.824. The number of rotatable bonds is 2. The average Bonchev–Trinajstić information content (AvgIpc) is 2.41. The molecule has 3 heteroatoms. The summed E-state index contributed by atoms with van der Waals surface area (Å²) in [5.41, 5.74) is 7.67. The van der Waals surface area contributed by atoms with Gasteiger partial charge in [-0.05, 0) is 62.1 Å². The summed E-state index contributed by atoms with van der Waals surface area (Å²) in [5, 5.41) is 0.243. The van der Waals surface area contributed by atoms with Crippen LogP contribution in [0.4, 0.5) is 4.39 Å². The van der Waals surface area contributed by atoms with Gasteiger partial charge in [0.25, 0.3) is 0 Å². The molecule has 0 radical (unpaired) electrons. The molecule has 19 heavy (non-hydrogen) atoms. The fourth-order valence-corrected chi connectivity index (χ4v) is 2.93. The van der Waals surface area contributed by atoms with E-state index in [0.29, 0.717) is 17.5 Å². The lowest BCUT2D eigenvalue weighted by molar-refractivity contribution is 0.325. The van der Waals surface area contributed by atoms with Gasteiger partial charge in [0.2, 0.25) is 0 Å². The predicted molar refractivity (Wildman–Crippen MR) is 81.1 cm³/mol. The molecule has 1 aromatic rings. The Kier molecular flexibility index (Phi) is 6.81. The molecule has 0 saturated heterocycles. The number of hydrogen-bond donors (Lipinski definition) is 1. The second-order valence-corrected chi connectivity index (χ2v) is 5.60. The molecule has 108 valence electrons. The van der Waals surface area contributed by atoms with Crippen molar-refractivity contribution in [2.45, 2.75) is 58.9 Å². The van der Waals surface area contributed by atoms with Crippen molar-refractivity contribution in [2.75, 3.05) is 0 Å². The SMILES string of the molecule is CC.Cc1cc(CC2CCC(N)CC2)cc(Cl)c1F. The van der Waals surface area contributed by atoms with Crippen molar-refractivity contribution in [3.05, 3.63) is 34.1 Å². The van der Waals surface area contributed by atoms with Gasteiger partial charge in [0, 0.05) is 6.04 Å². The van der Waals surface area contributed by atoms with E-state index in [1.54, 1.807) is 13.0 Å². The van der Waals surface area contributed by atoms with Gasteiger partial charge in [-0.15, -0.1) is 0 Å². The highest BCUT2D eigenvalue weighted by Crippen LogP contribution is 2.28. The fraction of sp³-hybridized carbons (Fsp3) is 0.625. The molecule has 1 aliphatic rings. The Balaban J connectivity index is 0.000000861. The van der Waals surface area contributed by atoms with Crippen molar-refractivity contribution in [1.82, 2.24) is 0 Å². The highest BCUT2D eigenvalue weighted by Gasteiger charge is 2.19. The van der Waals surface area contributed by atoms with E-state index in [9.17, 15) is 4.39 Å². The van der Waals surface area contributed by atoms with Crippen molar-refractivity contribution in [3.8, 4) is 0 Å². The number of halogens is 2. The summed E-state index contributed by atoms with van der Waals surface area (Å²) >= 11 is 5.86. The first-order valence-electron chi connectivity index (χ1n) is 7.26. The van der Waals surface area contributed by atoms with E-state index < -0.39 is 0 Å². The molecule has 0 bridgehead atoms. The van der Waals surface area contributed by atoms with Gasteiger partial charge in [-0.3, -0.25) is 0 Å². The zero-order valence-corrected chi connectivity index (χ0v) is 12.9. The van der Waals surface area contributed by atoms with Crippen LogP contribution in [0.1, 0.15) is 50.7 Å². The lowest BCUT2D eigenvalue weighted by Gasteiger charge is -2.26. The monoisotopic (exact) mass is 285 g/mol. The first-order chi connectivity index (χ1) is 9.06. The number of nitrogens with two attached hydrogens (primary N) is 1. The molecule has 0 amide bonds. The standard InChI is InChI=1S/C14H19ClFN.C2H6/c1-9-6-11(8-13(15)14(9)16)7-10-2-4-12(17)5-3-10;1-2/h6,8,10,12H,2-5,7,17H2,1H3;1-2H3. The van der Waals surface area contributed by atoms with Crippen LogP contribution >= 0.6 is 11.6 Å². The van der Waals surface area contributed by atoms with Crippen LogP contribution in [0.2, 0.25) is 5.02 Å². The Bertz CT molecular complexity index is 375. The zero-order valence-electron chi connectivity index (χ0n) is 12.2. The lowest BCUT2D eigenvalue weighted by Crippen LogP contribution is -2.27. The summed E-state index contributed by atoms with van der Waals surface area (Å²) < 4.78 is 13.4. The molecule has 1 aromatic carbocycles. The van der Waals surface area contributed by atoms with Crippen molar-refractivity contribution in [2.24, 2.45) is 11.7 Å². The van der Waals surface area contributed by atoms with Crippen LogP contribution in [0.15, 0.2) is 12.1 Å². The normalized spacial score (nSPS) is 22.6. The van der Waals surface area contributed by atoms with Crippen LogP contribution in [-0.4, -0.2) is 6.04 Å². The molecular formula is C16H25ClFN. The zero-order chi connectivity index (χ0) is 14.4. The third kappa shape index (κ3) is 4.77. The van der Waals surface area contributed by atoms with Crippen molar-refractivity contribution in [1.29, 1.82) is 0 Å². The predicted octanol–water partition coefficient (Wildman–Crippen LogP) is 4.87. The maximum Gasteiger partial charge on any atom is 0.144 e. The van der Waals surface area contributed by atoms with Crippen molar-refractivity contribution >= 4 is 11.6 Å². The highest BCUT2D eigenvalue weighted by atomic mass is 35.5. The molecule has 0 heterocycles. The van der Waals surface area contributed by atoms with Gasteiger partial charge in [0.15, 0.2) is 0 Å². The molecule has 1 nitrogen and oxygen atoms in total. The van der Waals surface area contributed by atoms with E-state index in [4.69, 9.17) is 17.3 Å². The molecule has 1 fully saturated rings. The molecule has 0 atom stereocenters. The van der Waals surface area contributed by atoms with E-state index in [1.165, 1.54) is 12.8 Å². The molecule has 1 saturated carbocycles. The Hall–Kier alpha value is -0.600. The fourth-order valence-electron chi connectivity index (χ4n) is 2.64. The summed E-state index contributed by atoms with van der Waals surface area (Å²) in [5.74, 6) is 0.386. The number of hydrogen-bond acceptors (Lipinski definition) is 1. The second-order valence-electron chi connectivity index (χ2n) is 5.19. The first kappa shape index (κ1) is 16.5. The lowest BCUT2D eigenvalue weighted by atomic mass is 9.82. The minimum atomic E-state index is -0.291. The Morgan fingerprint density at radius 3 is 2.32 bits per heavy atom. The van der Waals surface area contributed by atoms with E-state index >= 15 is 0 Å². The Labute approximate surface area is 121 Å². The molecule has 0 unspecified atom stereocenters. The second kappa shape index (κ2) is 7.86. The van der Waals surface area contributed by atoms with Gasteiger partial charge >= 0.3 is 0 Å². The van der Waals surface area contributed by atoms with E-state index in [0.717, 1.165) is 24.8 Å². The summed E-state index contributed by atoms with van der Waals surface area (Å²) in [6.07, 6.45) is 5.56. The van der Waals surface area contributed by atoms with Crippen molar-refractivity contribution in [3.63, 3.8) is 0 Å². The van der Waals surface area contributed by atoms with Crippen LogP contribution in [0.3, 0.4) is 0 Å².